The lowest BCUT2D eigenvalue weighted by molar-refractivity contribution is -0.145. The molecule has 2 rings (SSSR count). The minimum absolute atomic E-state index is 0.122. The van der Waals surface area contributed by atoms with Gasteiger partial charge >= 0.3 is 11.7 Å². The fourth-order valence-electron chi connectivity index (χ4n) is 2.58. The maximum absolute atomic E-state index is 12.3. The smallest absolute Gasteiger partial charge is 0.351 e. The summed E-state index contributed by atoms with van der Waals surface area (Å²) in [6.07, 6.45) is 1.43. The highest BCUT2D eigenvalue weighted by Crippen LogP contribution is 2.35. The van der Waals surface area contributed by atoms with Crippen molar-refractivity contribution in [2.45, 2.75) is 51.7 Å². The van der Waals surface area contributed by atoms with Gasteiger partial charge in [0.25, 0.3) is 0 Å². The molecular formula is C17H25N3O5S. The molecule has 0 saturated carbocycles. The van der Waals surface area contributed by atoms with E-state index in [9.17, 15) is 14.4 Å². The number of rotatable bonds is 7. The van der Waals surface area contributed by atoms with E-state index in [-0.39, 0.29) is 41.6 Å². The van der Waals surface area contributed by atoms with Crippen LogP contribution in [0.15, 0.2) is 17.1 Å². The van der Waals surface area contributed by atoms with Crippen LogP contribution in [0, 0.1) is 5.92 Å². The monoisotopic (exact) mass is 383 g/mol. The van der Waals surface area contributed by atoms with Gasteiger partial charge < -0.3 is 14.8 Å². The van der Waals surface area contributed by atoms with Gasteiger partial charge in [0.1, 0.15) is 24.8 Å². The highest BCUT2D eigenvalue weighted by atomic mass is 32.2. The molecule has 144 valence electrons. The summed E-state index contributed by atoms with van der Waals surface area (Å²) in [6.45, 7) is 7.08. The van der Waals surface area contributed by atoms with Crippen LogP contribution in [0.5, 0.6) is 0 Å². The predicted octanol–water partition coefficient (Wildman–Crippen LogP) is 1.81. The van der Waals surface area contributed by atoms with E-state index >= 15 is 0 Å². The Kier molecular flexibility index (Phi) is 7.22. The Balaban J connectivity index is 2.11. The SMILES string of the molecule is CCS[C@H]1C[C@@H](n2ccc(NC(=O)C(C)C)nc2=O)O[C@@H]1COC(C)=O. The molecule has 1 aliphatic heterocycles. The molecule has 8 nitrogen and oxygen atoms in total. The van der Waals surface area contributed by atoms with Gasteiger partial charge in [-0.25, -0.2) is 4.79 Å². The van der Waals surface area contributed by atoms with Crippen LogP contribution < -0.4 is 11.0 Å². The van der Waals surface area contributed by atoms with Gasteiger partial charge in [0.15, 0.2) is 0 Å². The van der Waals surface area contributed by atoms with E-state index in [4.69, 9.17) is 9.47 Å². The first-order valence-corrected chi connectivity index (χ1v) is 9.67. The number of thioether (sulfide) groups is 1. The van der Waals surface area contributed by atoms with Crippen molar-refractivity contribution in [1.29, 1.82) is 0 Å². The van der Waals surface area contributed by atoms with E-state index in [1.165, 1.54) is 11.5 Å². The molecule has 1 aliphatic rings. The number of aromatic nitrogens is 2. The zero-order valence-electron chi connectivity index (χ0n) is 15.4. The number of ether oxygens (including phenoxy) is 2. The van der Waals surface area contributed by atoms with Gasteiger partial charge in [-0.15, -0.1) is 0 Å². The van der Waals surface area contributed by atoms with Gasteiger partial charge in [-0.05, 0) is 11.8 Å². The van der Waals surface area contributed by atoms with Crippen molar-refractivity contribution in [3.05, 3.63) is 22.7 Å². The Morgan fingerprint density at radius 1 is 1.50 bits per heavy atom. The molecular weight excluding hydrogens is 358 g/mol. The first-order chi connectivity index (χ1) is 12.3. The molecule has 1 aromatic rings. The maximum Gasteiger partial charge on any atom is 0.351 e. The largest absolute Gasteiger partial charge is 0.463 e. The lowest BCUT2D eigenvalue weighted by Crippen LogP contribution is -2.29. The number of nitrogens with one attached hydrogen (secondary N) is 1. The molecule has 0 aliphatic carbocycles. The molecule has 3 atom stereocenters. The van der Waals surface area contributed by atoms with Gasteiger partial charge in [-0.1, -0.05) is 20.8 Å². The molecule has 1 aromatic heterocycles. The second-order valence-electron chi connectivity index (χ2n) is 6.31. The van der Waals surface area contributed by atoms with Crippen molar-refractivity contribution < 1.29 is 19.1 Å². The molecule has 1 saturated heterocycles. The minimum Gasteiger partial charge on any atom is -0.463 e. The Labute approximate surface area is 156 Å². The standard InChI is InChI=1S/C17H25N3O5S/c1-5-26-13-8-15(25-12(13)9-24-11(4)21)20-7-6-14(19-17(20)23)18-16(22)10(2)3/h6-7,10,12-13,15H,5,8-9H2,1-4H3,(H,18,19,22,23)/t12-,13+,15+/m1/s1. The van der Waals surface area contributed by atoms with E-state index < -0.39 is 11.9 Å². The van der Waals surface area contributed by atoms with Crippen molar-refractivity contribution in [3.8, 4) is 0 Å². The summed E-state index contributed by atoms with van der Waals surface area (Å²) in [5.74, 6) is 0.351. The first-order valence-electron chi connectivity index (χ1n) is 8.62. The zero-order chi connectivity index (χ0) is 19.3. The molecule has 0 unspecified atom stereocenters. The quantitative estimate of drug-likeness (QED) is 0.717. The molecule has 26 heavy (non-hydrogen) atoms. The average Bonchev–Trinajstić information content (AvgIpc) is 2.96. The molecule has 0 radical (unpaired) electrons. The third-order valence-electron chi connectivity index (χ3n) is 3.93. The van der Waals surface area contributed by atoms with Crippen LogP contribution in [0.25, 0.3) is 0 Å². The van der Waals surface area contributed by atoms with Gasteiger partial charge in [0.2, 0.25) is 5.91 Å². The number of carbonyl (C=O) groups excluding carboxylic acids is 2. The first kappa shape index (κ1) is 20.4. The molecule has 1 amide bonds. The van der Waals surface area contributed by atoms with Gasteiger partial charge in [-0.3, -0.25) is 14.2 Å². The summed E-state index contributed by atoms with van der Waals surface area (Å²) in [6, 6.07) is 1.58. The predicted molar refractivity (Wildman–Crippen MR) is 99.0 cm³/mol. The third-order valence-corrected chi connectivity index (χ3v) is 5.19. The van der Waals surface area contributed by atoms with E-state index in [0.29, 0.717) is 6.42 Å². The average molecular weight is 383 g/mol. The maximum atomic E-state index is 12.3. The Hall–Kier alpha value is -1.87. The number of nitrogens with zero attached hydrogens (tertiary/aromatic N) is 2. The Morgan fingerprint density at radius 3 is 2.81 bits per heavy atom. The lowest BCUT2D eigenvalue weighted by atomic mass is 10.2. The third kappa shape index (κ3) is 5.31. The van der Waals surface area contributed by atoms with E-state index in [1.807, 2.05) is 6.92 Å². The zero-order valence-corrected chi connectivity index (χ0v) is 16.2. The molecule has 9 heteroatoms. The highest BCUT2D eigenvalue weighted by Gasteiger charge is 2.37. The summed E-state index contributed by atoms with van der Waals surface area (Å²) in [4.78, 5) is 39.0. The lowest BCUT2D eigenvalue weighted by Gasteiger charge is -2.17. The van der Waals surface area contributed by atoms with Crippen molar-refractivity contribution in [1.82, 2.24) is 9.55 Å². The number of esters is 1. The summed E-state index contributed by atoms with van der Waals surface area (Å²) in [5.41, 5.74) is -0.495. The van der Waals surface area contributed by atoms with Crippen LogP contribution in [0.1, 0.15) is 40.3 Å². The van der Waals surface area contributed by atoms with Gasteiger partial charge in [-0.2, -0.15) is 16.7 Å². The van der Waals surface area contributed by atoms with Crippen LogP contribution in [0.4, 0.5) is 5.82 Å². The molecule has 2 heterocycles. The molecule has 0 aromatic carbocycles. The number of hydrogen-bond donors (Lipinski definition) is 1. The number of anilines is 1. The van der Waals surface area contributed by atoms with Crippen molar-refractivity contribution in [2.75, 3.05) is 17.7 Å². The molecule has 1 N–H and O–H groups in total. The number of carbonyl (C=O) groups is 2. The topological polar surface area (TPSA) is 99.5 Å². The Bertz CT molecular complexity index is 706. The summed E-state index contributed by atoms with van der Waals surface area (Å²) in [5, 5.41) is 2.73. The fourth-order valence-corrected chi connectivity index (χ4v) is 3.67. The van der Waals surface area contributed by atoms with Gasteiger partial charge in [0.05, 0.1) is 0 Å². The molecule has 1 fully saturated rings. The van der Waals surface area contributed by atoms with E-state index in [2.05, 4.69) is 10.3 Å². The van der Waals surface area contributed by atoms with Crippen molar-refractivity contribution >= 4 is 29.5 Å². The van der Waals surface area contributed by atoms with Crippen LogP contribution in [0.2, 0.25) is 0 Å². The summed E-state index contributed by atoms with van der Waals surface area (Å²) in [7, 11) is 0. The van der Waals surface area contributed by atoms with Crippen LogP contribution in [-0.2, 0) is 19.1 Å². The Morgan fingerprint density at radius 2 is 2.23 bits per heavy atom. The van der Waals surface area contributed by atoms with Crippen molar-refractivity contribution in [3.63, 3.8) is 0 Å². The van der Waals surface area contributed by atoms with Crippen molar-refractivity contribution in [2.24, 2.45) is 5.92 Å². The van der Waals surface area contributed by atoms with E-state index in [0.717, 1.165) is 5.75 Å². The fraction of sp³-hybridized carbons (Fsp3) is 0.647. The minimum atomic E-state index is -0.495. The summed E-state index contributed by atoms with van der Waals surface area (Å²) >= 11 is 1.71. The molecule has 0 spiro atoms. The van der Waals surface area contributed by atoms with Crippen LogP contribution >= 0.6 is 11.8 Å². The highest BCUT2D eigenvalue weighted by molar-refractivity contribution is 7.99. The number of amides is 1. The summed E-state index contributed by atoms with van der Waals surface area (Å²) < 4.78 is 12.4. The van der Waals surface area contributed by atoms with Crippen LogP contribution in [0.3, 0.4) is 0 Å². The normalized spacial score (nSPS) is 22.4. The second kappa shape index (κ2) is 9.18. The molecule has 0 bridgehead atoms. The van der Waals surface area contributed by atoms with E-state index in [1.54, 1.807) is 37.9 Å². The van der Waals surface area contributed by atoms with Crippen LogP contribution in [-0.4, -0.2) is 45.1 Å². The van der Waals surface area contributed by atoms with Gasteiger partial charge in [0, 0.05) is 30.7 Å². The second-order valence-corrected chi connectivity index (χ2v) is 7.82. The number of hydrogen-bond acceptors (Lipinski definition) is 7.